The fourth-order valence-corrected chi connectivity index (χ4v) is 1.97. The maximum Gasteiger partial charge on any atom is 0.340 e. The fourth-order valence-electron chi connectivity index (χ4n) is 1.77. The van der Waals surface area contributed by atoms with Gasteiger partial charge in [-0.2, -0.15) is 0 Å². The van der Waals surface area contributed by atoms with Crippen LogP contribution in [-0.2, 0) is 0 Å². The molecule has 0 unspecified atom stereocenters. The van der Waals surface area contributed by atoms with E-state index in [0.29, 0.717) is 11.5 Å². The van der Waals surface area contributed by atoms with Gasteiger partial charge in [0.2, 0.25) is 6.79 Å². The molecule has 0 saturated heterocycles. The number of carbonyl (C=O) groups excluding carboxylic acids is 1. The van der Waals surface area contributed by atoms with Crippen LogP contribution in [0.4, 0.5) is 5.69 Å². The zero-order valence-electron chi connectivity index (χ0n) is 10.4. The minimum atomic E-state index is -0.836. The van der Waals surface area contributed by atoms with E-state index in [1.807, 2.05) is 0 Å². The number of amides is 1. The first kappa shape index (κ1) is 13.3. The zero-order chi connectivity index (χ0) is 15.0. The Morgan fingerprint density at radius 2 is 1.90 bits per heavy atom. The average molecular weight is 310 g/mol. The monoisotopic (exact) mass is 309 g/mol. The summed E-state index contributed by atoms with van der Waals surface area (Å²) in [6.45, 7) is 0.0739. The lowest BCUT2D eigenvalue weighted by Crippen LogP contribution is -2.14. The number of fused-ring (bicyclic) bond motifs is 1. The van der Waals surface area contributed by atoms with Crippen molar-refractivity contribution in [2.24, 2.45) is 0 Å². The Bertz CT molecular complexity index is 785. The van der Waals surface area contributed by atoms with Gasteiger partial charge in [0.15, 0.2) is 17.3 Å². The summed E-state index contributed by atoms with van der Waals surface area (Å²) in [6, 6.07) is 4.86. The van der Waals surface area contributed by atoms with E-state index in [1.54, 1.807) is 0 Å². The molecule has 1 amide bonds. The van der Waals surface area contributed by atoms with Crippen molar-refractivity contribution in [3.05, 3.63) is 45.5 Å². The van der Waals surface area contributed by atoms with Crippen LogP contribution in [0.3, 0.4) is 0 Å². The van der Waals surface area contributed by atoms with Crippen molar-refractivity contribution in [1.29, 1.82) is 0 Å². The van der Waals surface area contributed by atoms with Crippen LogP contribution in [0.15, 0.2) is 33.5 Å². The quantitative estimate of drug-likeness (QED) is 0.880. The maximum absolute atomic E-state index is 12.0. The maximum atomic E-state index is 12.0. The molecule has 0 radical (unpaired) electrons. The number of anilines is 1. The Labute approximate surface area is 122 Å². The Kier molecular flexibility index (Phi) is 3.19. The lowest BCUT2D eigenvalue weighted by molar-refractivity contribution is 0.0991. The van der Waals surface area contributed by atoms with Gasteiger partial charge < -0.3 is 24.3 Å². The predicted octanol–water partition coefficient (Wildman–Crippen LogP) is 1.98. The first-order valence-electron chi connectivity index (χ1n) is 5.77. The summed E-state index contributed by atoms with van der Waals surface area (Å²) in [7, 11) is 0. The molecular weight excluding hydrogens is 302 g/mol. The zero-order valence-corrected chi connectivity index (χ0v) is 11.1. The Morgan fingerprint density at radius 1 is 1.19 bits per heavy atom. The molecule has 3 rings (SSSR count). The number of benzene rings is 1. The van der Waals surface area contributed by atoms with E-state index < -0.39 is 11.5 Å². The third-order valence-corrected chi connectivity index (χ3v) is 3.00. The van der Waals surface area contributed by atoms with Crippen molar-refractivity contribution in [3.63, 3.8) is 0 Å². The van der Waals surface area contributed by atoms with Crippen molar-refractivity contribution in [3.8, 4) is 17.2 Å². The van der Waals surface area contributed by atoms with Crippen LogP contribution >= 0.6 is 11.6 Å². The fraction of sp³-hybridized carbons (Fsp3) is 0.0769. The lowest BCUT2D eigenvalue weighted by atomic mass is 10.2. The molecular formula is C13H8ClNO6. The smallest absolute Gasteiger partial charge is 0.340 e. The van der Waals surface area contributed by atoms with Crippen molar-refractivity contribution in [1.82, 2.24) is 0 Å². The molecule has 0 atom stereocenters. The van der Waals surface area contributed by atoms with E-state index in [9.17, 15) is 14.7 Å². The number of hydrogen-bond acceptors (Lipinski definition) is 6. The average Bonchev–Trinajstić information content (AvgIpc) is 2.85. The summed E-state index contributed by atoms with van der Waals surface area (Å²) in [5.41, 5.74) is -0.575. The molecule has 1 aromatic heterocycles. The second kappa shape index (κ2) is 5.02. The molecule has 1 aliphatic rings. The van der Waals surface area contributed by atoms with Crippen molar-refractivity contribution >= 4 is 23.2 Å². The predicted molar refractivity (Wildman–Crippen MR) is 72.2 cm³/mol. The van der Waals surface area contributed by atoms with Gasteiger partial charge in [-0.3, -0.25) is 4.79 Å². The van der Waals surface area contributed by atoms with E-state index in [0.717, 1.165) is 12.1 Å². The van der Waals surface area contributed by atoms with Crippen molar-refractivity contribution in [2.45, 2.75) is 0 Å². The summed E-state index contributed by atoms with van der Waals surface area (Å²) in [4.78, 5) is 23.1. The van der Waals surface area contributed by atoms with Gasteiger partial charge >= 0.3 is 5.63 Å². The van der Waals surface area contributed by atoms with Crippen LogP contribution in [0.25, 0.3) is 0 Å². The molecule has 0 bridgehead atoms. The second-order valence-electron chi connectivity index (χ2n) is 4.14. The van der Waals surface area contributed by atoms with Crippen LogP contribution in [0.1, 0.15) is 10.6 Å². The number of carbonyl (C=O) groups is 1. The van der Waals surface area contributed by atoms with Crippen LogP contribution < -0.4 is 20.4 Å². The molecule has 0 spiro atoms. The van der Waals surface area contributed by atoms with Gasteiger partial charge in [-0.15, -0.1) is 0 Å². The Morgan fingerprint density at radius 3 is 2.62 bits per heavy atom. The number of aromatic hydroxyl groups is 1. The van der Waals surface area contributed by atoms with Crippen molar-refractivity contribution < 1.29 is 23.8 Å². The molecule has 2 aromatic rings. The number of hydrogen-bond donors (Lipinski definition) is 2. The molecule has 0 saturated carbocycles. The SMILES string of the molecule is O=C(Nc1cc2c(cc1Cl)OCO2)c1cc(O)cc(=O)o1. The third kappa shape index (κ3) is 2.63. The number of halogens is 1. The summed E-state index contributed by atoms with van der Waals surface area (Å²) in [6.07, 6.45) is 0. The van der Waals surface area contributed by atoms with Gasteiger partial charge in [0.05, 0.1) is 16.8 Å². The highest BCUT2D eigenvalue weighted by atomic mass is 35.5. The highest BCUT2D eigenvalue weighted by Gasteiger charge is 2.19. The summed E-state index contributed by atoms with van der Waals surface area (Å²) in [5.74, 6) is -0.528. The molecule has 1 aromatic carbocycles. The largest absolute Gasteiger partial charge is 0.508 e. The number of nitrogens with one attached hydrogen (secondary N) is 1. The molecule has 108 valence electrons. The topological polar surface area (TPSA) is 98.0 Å². The highest BCUT2D eigenvalue weighted by Crippen LogP contribution is 2.39. The normalized spacial score (nSPS) is 12.2. The molecule has 8 heteroatoms. The molecule has 2 N–H and O–H groups in total. The minimum Gasteiger partial charge on any atom is -0.508 e. The Balaban J connectivity index is 1.89. The Hall–Kier alpha value is -2.67. The summed E-state index contributed by atoms with van der Waals surface area (Å²) < 4.78 is 15.0. The molecule has 0 aliphatic carbocycles. The molecule has 0 fully saturated rings. The first-order valence-corrected chi connectivity index (χ1v) is 6.15. The van der Waals surface area contributed by atoms with Gasteiger partial charge in [0.25, 0.3) is 5.91 Å². The minimum absolute atomic E-state index is 0.0739. The van der Waals surface area contributed by atoms with Gasteiger partial charge in [-0.1, -0.05) is 11.6 Å². The van der Waals surface area contributed by atoms with E-state index in [-0.39, 0.29) is 29.0 Å². The lowest BCUT2D eigenvalue weighted by Gasteiger charge is -2.07. The standard InChI is InChI=1S/C13H8ClNO6/c14-7-3-9-10(20-5-19-9)4-8(7)15-13(18)11-1-6(16)2-12(17)21-11/h1-4,16H,5H2,(H,15,18). The molecule has 21 heavy (non-hydrogen) atoms. The van der Waals surface area contributed by atoms with Crippen LogP contribution in [0.5, 0.6) is 17.2 Å². The van der Waals surface area contributed by atoms with E-state index in [2.05, 4.69) is 5.32 Å². The molecule has 2 heterocycles. The highest BCUT2D eigenvalue weighted by molar-refractivity contribution is 6.34. The van der Waals surface area contributed by atoms with E-state index in [4.69, 9.17) is 25.5 Å². The van der Waals surface area contributed by atoms with Gasteiger partial charge in [-0.25, -0.2) is 4.79 Å². The van der Waals surface area contributed by atoms with Gasteiger partial charge in [0, 0.05) is 18.2 Å². The third-order valence-electron chi connectivity index (χ3n) is 2.69. The number of ether oxygens (including phenoxy) is 2. The summed E-state index contributed by atoms with van der Waals surface area (Å²) in [5, 5.41) is 12.0. The molecule has 7 nitrogen and oxygen atoms in total. The van der Waals surface area contributed by atoms with E-state index in [1.165, 1.54) is 12.1 Å². The second-order valence-corrected chi connectivity index (χ2v) is 4.55. The van der Waals surface area contributed by atoms with Gasteiger partial charge in [-0.05, 0) is 0 Å². The van der Waals surface area contributed by atoms with Crippen LogP contribution in [-0.4, -0.2) is 17.8 Å². The first-order chi connectivity index (χ1) is 10.0. The van der Waals surface area contributed by atoms with Gasteiger partial charge in [0.1, 0.15) is 5.75 Å². The molecule has 1 aliphatic heterocycles. The van der Waals surface area contributed by atoms with Crippen LogP contribution in [0, 0.1) is 0 Å². The number of rotatable bonds is 2. The van der Waals surface area contributed by atoms with E-state index >= 15 is 0 Å². The summed E-state index contributed by atoms with van der Waals surface area (Å²) >= 11 is 6.01. The van der Waals surface area contributed by atoms with Crippen LogP contribution in [0.2, 0.25) is 5.02 Å². The van der Waals surface area contributed by atoms with Crippen molar-refractivity contribution in [2.75, 3.05) is 12.1 Å².